The lowest BCUT2D eigenvalue weighted by Gasteiger charge is -2.08. The molecule has 8 heteroatoms. The van der Waals surface area contributed by atoms with E-state index in [1.165, 1.54) is 12.1 Å². The SMILES string of the molecule is O=C(O)c1cc(CNCc2cccc(C(F)(F)F)c2)on1. The molecule has 2 rings (SSSR count). The maximum absolute atomic E-state index is 12.5. The van der Waals surface area contributed by atoms with E-state index in [1.54, 1.807) is 6.07 Å². The fourth-order valence-corrected chi connectivity index (χ4v) is 1.68. The second-order valence-corrected chi connectivity index (χ2v) is 4.29. The van der Waals surface area contributed by atoms with E-state index in [0.717, 1.165) is 12.1 Å². The molecule has 0 aliphatic heterocycles. The first-order chi connectivity index (χ1) is 9.86. The van der Waals surface area contributed by atoms with Crippen LogP contribution in [0.25, 0.3) is 0 Å². The lowest BCUT2D eigenvalue weighted by molar-refractivity contribution is -0.137. The number of rotatable bonds is 5. The normalized spacial score (nSPS) is 11.6. The van der Waals surface area contributed by atoms with Crippen molar-refractivity contribution in [3.63, 3.8) is 0 Å². The number of hydrogen-bond acceptors (Lipinski definition) is 4. The number of carboxylic acids is 1. The first-order valence-electron chi connectivity index (χ1n) is 5.92. The van der Waals surface area contributed by atoms with Gasteiger partial charge in [0.05, 0.1) is 12.1 Å². The Balaban J connectivity index is 1.92. The van der Waals surface area contributed by atoms with Gasteiger partial charge in [-0.05, 0) is 11.6 Å². The minimum atomic E-state index is -4.38. The average molecular weight is 300 g/mol. The molecular formula is C13H11F3N2O3. The standard InChI is InChI=1S/C13H11F3N2O3/c14-13(15,16)9-3-1-2-8(4-9)6-17-7-10-5-11(12(19)20)18-21-10/h1-5,17H,6-7H2,(H,19,20). The molecule has 0 aliphatic carbocycles. The molecular weight excluding hydrogens is 289 g/mol. The summed E-state index contributed by atoms with van der Waals surface area (Å²) in [5, 5.41) is 14.8. The van der Waals surface area contributed by atoms with Crippen molar-refractivity contribution < 1.29 is 27.6 Å². The molecule has 1 aromatic carbocycles. The molecule has 0 spiro atoms. The molecule has 0 aliphatic rings. The van der Waals surface area contributed by atoms with Crippen molar-refractivity contribution in [2.24, 2.45) is 0 Å². The monoisotopic (exact) mass is 300 g/mol. The lowest BCUT2D eigenvalue weighted by atomic mass is 10.1. The van der Waals surface area contributed by atoms with Crippen molar-refractivity contribution in [2.75, 3.05) is 0 Å². The number of nitrogens with one attached hydrogen (secondary N) is 1. The summed E-state index contributed by atoms with van der Waals surface area (Å²) in [6, 6.07) is 6.19. The fraction of sp³-hybridized carbons (Fsp3) is 0.231. The van der Waals surface area contributed by atoms with Crippen LogP contribution in [0.2, 0.25) is 0 Å². The summed E-state index contributed by atoms with van der Waals surface area (Å²) < 4.78 is 42.4. The van der Waals surface area contributed by atoms with Crippen LogP contribution in [0, 0.1) is 0 Å². The van der Waals surface area contributed by atoms with Gasteiger partial charge in [0.1, 0.15) is 0 Å². The average Bonchev–Trinajstić information content (AvgIpc) is 2.87. The summed E-state index contributed by atoms with van der Waals surface area (Å²) in [4.78, 5) is 10.6. The largest absolute Gasteiger partial charge is 0.476 e. The number of hydrogen-bond donors (Lipinski definition) is 2. The smallest absolute Gasteiger partial charge is 0.416 e. The molecule has 1 heterocycles. The first kappa shape index (κ1) is 15.0. The van der Waals surface area contributed by atoms with Gasteiger partial charge in [-0.15, -0.1) is 0 Å². The Morgan fingerprint density at radius 1 is 1.29 bits per heavy atom. The number of alkyl halides is 3. The third kappa shape index (κ3) is 4.06. The number of nitrogens with zero attached hydrogens (tertiary/aromatic N) is 1. The number of carbonyl (C=O) groups is 1. The molecule has 2 N–H and O–H groups in total. The van der Waals surface area contributed by atoms with E-state index < -0.39 is 17.7 Å². The van der Waals surface area contributed by atoms with Gasteiger partial charge in [-0.25, -0.2) is 4.79 Å². The van der Waals surface area contributed by atoms with Crippen LogP contribution in [-0.4, -0.2) is 16.2 Å². The van der Waals surface area contributed by atoms with Crippen molar-refractivity contribution >= 4 is 5.97 Å². The minimum Gasteiger partial charge on any atom is -0.476 e. The molecule has 0 unspecified atom stereocenters. The van der Waals surface area contributed by atoms with E-state index in [1.807, 2.05) is 0 Å². The van der Waals surface area contributed by atoms with Crippen molar-refractivity contribution in [1.29, 1.82) is 0 Å². The van der Waals surface area contributed by atoms with Gasteiger partial charge in [0.25, 0.3) is 0 Å². The Bertz CT molecular complexity index is 638. The molecule has 0 saturated heterocycles. The number of aromatic carboxylic acids is 1. The second kappa shape index (κ2) is 5.96. The molecule has 0 amide bonds. The van der Waals surface area contributed by atoms with Gasteiger partial charge < -0.3 is 14.9 Å². The zero-order chi connectivity index (χ0) is 15.5. The van der Waals surface area contributed by atoms with Gasteiger partial charge in [-0.1, -0.05) is 23.4 Å². The molecule has 2 aromatic rings. The highest BCUT2D eigenvalue weighted by molar-refractivity contribution is 5.85. The summed E-state index contributed by atoms with van der Waals surface area (Å²) in [7, 11) is 0. The minimum absolute atomic E-state index is 0.163. The van der Waals surface area contributed by atoms with Crippen molar-refractivity contribution in [3.8, 4) is 0 Å². The van der Waals surface area contributed by atoms with E-state index in [2.05, 4.69) is 10.5 Å². The number of carboxylic acid groups (broad SMARTS) is 1. The Morgan fingerprint density at radius 3 is 2.67 bits per heavy atom. The molecule has 1 aromatic heterocycles. The first-order valence-corrected chi connectivity index (χ1v) is 5.92. The molecule has 0 atom stereocenters. The van der Waals surface area contributed by atoms with Crippen LogP contribution >= 0.6 is 0 Å². The quantitative estimate of drug-likeness (QED) is 0.888. The lowest BCUT2D eigenvalue weighted by Crippen LogP contribution is -2.13. The molecule has 21 heavy (non-hydrogen) atoms. The topological polar surface area (TPSA) is 75.4 Å². The third-order valence-corrected chi connectivity index (χ3v) is 2.66. The van der Waals surface area contributed by atoms with Crippen LogP contribution in [0.3, 0.4) is 0 Å². The van der Waals surface area contributed by atoms with E-state index in [4.69, 9.17) is 9.63 Å². The molecule has 112 valence electrons. The highest BCUT2D eigenvalue weighted by atomic mass is 19.4. The van der Waals surface area contributed by atoms with Gasteiger partial charge in [-0.2, -0.15) is 13.2 Å². The van der Waals surface area contributed by atoms with Crippen molar-refractivity contribution in [1.82, 2.24) is 10.5 Å². The molecule has 0 radical (unpaired) electrons. The van der Waals surface area contributed by atoms with Crippen LogP contribution in [0.5, 0.6) is 0 Å². The van der Waals surface area contributed by atoms with Gasteiger partial charge in [0, 0.05) is 12.6 Å². The van der Waals surface area contributed by atoms with Crippen LogP contribution < -0.4 is 5.32 Å². The van der Waals surface area contributed by atoms with E-state index in [9.17, 15) is 18.0 Å². The number of aromatic nitrogens is 1. The summed E-state index contributed by atoms with van der Waals surface area (Å²) in [6.45, 7) is 0.351. The second-order valence-electron chi connectivity index (χ2n) is 4.29. The van der Waals surface area contributed by atoms with E-state index >= 15 is 0 Å². The van der Waals surface area contributed by atoms with Crippen LogP contribution in [0.1, 0.15) is 27.4 Å². The molecule has 5 nitrogen and oxygen atoms in total. The molecule has 0 fully saturated rings. The summed E-state index contributed by atoms with van der Waals surface area (Å²) in [6.07, 6.45) is -4.38. The highest BCUT2D eigenvalue weighted by Crippen LogP contribution is 2.29. The molecule has 0 saturated carbocycles. The fourth-order valence-electron chi connectivity index (χ4n) is 1.68. The van der Waals surface area contributed by atoms with Gasteiger partial charge in [0.15, 0.2) is 11.5 Å². The zero-order valence-electron chi connectivity index (χ0n) is 10.6. The van der Waals surface area contributed by atoms with Gasteiger partial charge >= 0.3 is 12.1 Å². The van der Waals surface area contributed by atoms with Crippen LogP contribution in [-0.2, 0) is 19.3 Å². The summed E-state index contributed by atoms with van der Waals surface area (Å²) in [5.41, 5.74) is -0.469. The van der Waals surface area contributed by atoms with Crippen molar-refractivity contribution in [2.45, 2.75) is 19.3 Å². The third-order valence-electron chi connectivity index (χ3n) is 2.66. The summed E-state index contributed by atoms with van der Waals surface area (Å²) >= 11 is 0. The van der Waals surface area contributed by atoms with E-state index in [0.29, 0.717) is 11.3 Å². The van der Waals surface area contributed by atoms with Crippen molar-refractivity contribution in [3.05, 3.63) is 52.9 Å². The highest BCUT2D eigenvalue weighted by Gasteiger charge is 2.30. The van der Waals surface area contributed by atoms with Crippen LogP contribution in [0.15, 0.2) is 34.9 Å². The Kier molecular flexibility index (Phi) is 4.27. The Labute approximate surface area is 117 Å². The van der Waals surface area contributed by atoms with Gasteiger partial charge in [0.2, 0.25) is 0 Å². The molecule has 0 bridgehead atoms. The Hall–Kier alpha value is -2.35. The van der Waals surface area contributed by atoms with Crippen LogP contribution in [0.4, 0.5) is 13.2 Å². The predicted octanol–water partition coefficient (Wildman–Crippen LogP) is 2.68. The maximum atomic E-state index is 12.5. The predicted molar refractivity (Wildman–Crippen MR) is 65.5 cm³/mol. The summed E-state index contributed by atoms with van der Waals surface area (Å²) in [5.74, 6) is -0.915. The zero-order valence-corrected chi connectivity index (χ0v) is 10.6. The number of halogens is 3. The van der Waals surface area contributed by atoms with Gasteiger partial charge in [-0.3, -0.25) is 0 Å². The Morgan fingerprint density at radius 2 is 2.05 bits per heavy atom. The van der Waals surface area contributed by atoms with E-state index in [-0.39, 0.29) is 18.8 Å². The number of benzene rings is 1. The maximum Gasteiger partial charge on any atom is 0.416 e.